The number of aromatic hydroxyl groups is 1. The van der Waals surface area contributed by atoms with Crippen molar-refractivity contribution >= 4 is 5.69 Å². The van der Waals surface area contributed by atoms with E-state index in [1.54, 1.807) is 12.1 Å². The lowest BCUT2D eigenvalue weighted by Gasteiger charge is -2.02. The van der Waals surface area contributed by atoms with Crippen molar-refractivity contribution in [1.29, 1.82) is 0 Å². The zero-order chi connectivity index (χ0) is 9.84. The molecule has 1 N–H and O–H groups in total. The minimum Gasteiger partial charge on any atom is -0.508 e. The van der Waals surface area contributed by atoms with Gasteiger partial charge in [-0.05, 0) is 37.1 Å². The SMILES string of the molecule is C=C/N=N\c1cc(C)c(O)cc1C. The monoisotopic (exact) mass is 176 g/mol. The molecule has 0 aliphatic rings. The van der Waals surface area contributed by atoms with Crippen LogP contribution >= 0.6 is 0 Å². The largest absolute Gasteiger partial charge is 0.508 e. The number of azo groups is 1. The van der Waals surface area contributed by atoms with Gasteiger partial charge in [-0.3, -0.25) is 0 Å². The van der Waals surface area contributed by atoms with Crippen LogP contribution in [0.2, 0.25) is 0 Å². The summed E-state index contributed by atoms with van der Waals surface area (Å²) in [5.41, 5.74) is 2.45. The third kappa shape index (κ3) is 2.15. The highest BCUT2D eigenvalue weighted by molar-refractivity contribution is 5.52. The Hall–Kier alpha value is -1.64. The lowest BCUT2D eigenvalue weighted by atomic mass is 10.1. The van der Waals surface area contributed by atoms with Gasteiger partial charge in [-0.2, -0.15) is 10.2 Å². The lowest BCUT2D eigenvalue weighted by molar-refractivity contribution is 0.470. The molecular formula is C10H12N2O. The number of benzene rings is 1. The van der Waals surface area contributed by atoms with Gasteiger partial charge in [0.1, 0.15) is 5.75 Å². The van der Waals surface area contributed by atoms with E-state index in [1.807, 2.05) is 13.8 Å². The molecule has 0 bridgehead atoms. The molecule has 0 saturated carbocycles. The highest BCUT2D eigenvalue weighted by atomic mass is 16.3. The average Bonchev–Trinajstić information content (AvgIpc) is 2.09. The minimum absolute atomic E-state index is 0.287. The number of hydrogen-bond donors (Lipinski definition) is 1. The highest BCUT2D eigenvalue weighted by Crippen LogP contribution is 2.27. The van der Waals surface area contributed by atoms with Crippen molar-refractivity contribution < 1.29 is 5.11 Å². The second-order valence-electron chi connectivity index (χ2n) is 2.82. The first kappa shape index (κ1) is 9.45. The Morgan fingerprint density at radius 3 is 2.62 bits per heavy atom. The Bertz CT molecular complexity index is 356. The molecule has 0 saturated heterocycles. The Labute approximate surface area is 77.4 Å². The molecule has 0 aliphatic carbocycles. The van der Waals surface area contributed by atoms with Crippen LogP contribution in [0.25, 0.3) is 0 Å². The van der Waals surface area contributed by atoms with Crippen LogP contribution in [0.15, 0.2) is 35.1 Å². The summed E-state index contributed by atoms with van der Waals surface area (Å²) < 4.78 is 0. The average molecular weight is 176 g/mol. The van der Waals surface area contributed by atoms with Crippen molar-refractivity contribution in [2.75, 3.05) is 0 Å². The van der Waals surface area contributed by atoms with Gasteiger partial charge < -0.3 is 5.11 Å². The summed E-state index contributed by atoms with van der Waals surface area (Å²) >= 11 is 0. The smallest absolute Gasteiger partial charge is 0.118 e. The molecule has 0 fully saturated rings. The fourth-order valence-electron chi connectivity index (χ4n) is 0.996. The summed E-state index contributed by atoms with van der Waals surface area (Å²) in [6, 6.07) is 3.46. The molecule has 0 spiro atoms. The molecule has 0 atom stereocenters. The van der Waals surface area contributed by atoms with Crippen molar-refractivity contribution in [3.8, 4) is 5.75 Å². The maximum Gasteiger partial charge on any atom is 0.118 e. The second-order valence-corrected chi connectivity index (χ2v) is 2.82. The summed E-state index contributed by atoms with van der Waals surface area (Å²) in [7, 11) is 0. The topological polar surface area (TPSA) is 45.0 Å². The molecule has 1 aromatic rings. The standard InChI is InChI=1S/C10H12N2O/c1-4-11-12-9-5-8(3)10(13)6-7(9)2/h4-6,13H,1H2,2-3H3/b12-11-. The Morgan fingerprint density at radius 1 is 1.31 bits per heavy atom. The molecule has 68 valence electrons. The van der Waals surface area contributed by atoms with Crippen LogP contribution in [0.3, 0.4) is 0 Å². The van der Waals surface area contributed by atoms with E-state index in [1.165, 1.54) is 6.20 Å². The molecule has 13 heavy (non-hydrogen) atoms. The molecular weight excluding hydrogens is 164 g/mol. The molecule has 3 heteroatoms. The molecule has 0 radical (unpaired) electrons. The Morgan fingerprint density at radius 2 is 2.00 bits per heavy atom. The maximum atomic E-state index is 9.36. The van der Waals surface area contributed by atoms with Crippen LogP contribution in [0.5, 0.6) is 5.75 Å². The Kier molecular flexibility index (Phi) is 2.80. The van der Waals surface area contributed by atoms with Crippen LogP contribution < -0.4 is 0 Å². The van der Waals surface area contributed by atoms with E-state index >= 15 is 0 Å². The summed E-state index contributed by atoms with van der Waals surface area (Å²) in [4.78, 5) is 0. The van der Waals surface area contributed by atoms with Gasteiger partial charge in [0.15, 0.2) is 0 Å². The molecule has 0 aromatic heterocycles. The fraction of sp³-hybridized carbons (Fsp3) is 0.200. The zero-order valence-electron chi connectivity index (χ0n) is 7.78. The van der Waals surface area contributed by atoms with E-state index in [4.69, 9.17) is 0 Å². The van der Waals surface area contributed by atoms with Crippen molar-refractivity contribution in [2.24, 2.45) is 10.2 Å². The van der Waals surface area contributed by atoms with Crippen LogP contribution in [0.1, 0.15) is 11.1 Å². The normalized spacial score (nSPS) is 10.6. The predicted octanol–water partition coefficient (Wildman–Crippen LogP) is 3.24. The van der Waals surface area contributed by atoms with Crippen LogP contribution in [0.4, 0.5) is 5.69 Å². The van der Waals surface area contributed by atoms with E-state index in [-0.39, 0.29) is 5.75 Å². The van der Waals surface area contributed by atoms with Gasteiger partial charge in [-0.1, -0.05) is 6.58 Å². The van der Waals surface area contributed by atoms with E-state index < -0.39 is 0 Å². The first-order valence-corrected chi connectivity index (χ1v) is 3.97. The molecule has 0 heterocycles. The van der Waals surface area contributed by atoms with Crippen molar-refractivity contribution in [2.45, 2.75) is 13.8 Å². The number of aryl methyl sites for hydroxylation is 2. The van der Waals surface area contributed by atoms with Crippen LogP contribution in [-0.4, -0.2) is 5.11 Å². The van der Waals surface area contributed by atoms with E-state index in [0.717, 1.165) is 16.8 Å². The zero-order valence-corrected chi connectivity index (χ0v) is 7.78. The van der Waals surface area contributed by atoms with E-state index in [2.05, 4.69) is 16.8 Å². The highest BCUT2D eigenvalue weighted by Gasteiger charge is 2.01. The third-order valence-electron chi connectivity index (χ3n) is 1.76. The van der Waals surface area contributed by atoms with Gasteiger partial charge in [0, 0.05) is 6.20 Å². The molecule has 3 nitrogen and oxygen atoms in total. The molecule has 1 rings (SSSR count). The maximum absolute atomic E-state index is 9.36. The molecule has 1 aromatic carbocycles. The van der Waals surface area contributed by atoms with Crippen LogP contribution in [0, 0.1) is 13.8 Å². The predicted molar refractivity (Wildman–Crippen MR) is 52.3 cm³/mol. The number of rotatable bonds is 2. The number of hydrogen-bond acceptors (Lipinski definition) is 3. The fourth-order valence-corrected chi connectivity index (χ4v) is 0.996. The van der Waals surface area contributed by atoms with Gasteiger partial charge in [0.25, 0.3) is 0 Å². The van der Waals surface area contributed by atoms with E-state index in [9.17, 15) is 5.11 Å². The summed E-state index contributed by atoms with van der Waals surface area (Å²) in [6.45, 7) is 7.13. The van der Waals surface area contributed by atoms with Crippen molar-refractivity contribution in [1.82, 2.24) is 0 Å². The number of phenolic OH excluding ortho intramolecular Hbond substituents is 1. The molecule has 0 aliphatic heterocycles. The lowest BCUT2D eigenvalue weighted by Crippen LogP contribution is -1.78. The van der Waals surface area contributed by atoms with Gasteiger partial charge in [0.2, 0.25) is 0 Å². The minimum atomic E-state index is 0.287. The van der Waals surface area contributed by atoms with Crippen molar-refractivity contribution in [3.05, 3.63) is 36.0 Å². The first-order valence-electron chi connectivity index (χ1n) is 3.97. The van der Waals surface area contributed by atoms with Gasteiger partial charge in [-0.25, -0.2) is 0 Å². The number of phenols is 1. The van der Waals surface area contributed by atoms with E-state index in [0.29, 0.717) is 0 Å². The van der Waals surface area contributed by atoms with Gasteiger partial charge in [-0.15, -0.1) is 0 Å². The molecule has 0 amide bonds. The summed E-state index contributed by atoms with van der Waals surface area (Å²) in [5, 5.41) is 17.0. The number of nitrogens with zero attached hydrogens (tertiary/aromatic N) is 2. The molecule has 0 unspecified atom stereocenters. The van der Waals surface area contributed by atoms with Crippen molar-refractivity contribution in [3.63, 3.8) is 0 Å². The van der Waals surface area contributed by atoms with Crippen LogP contribution in [-0.2, 0) is 0 Å². The first-order chi connectivity index (χ1) is 6.15. The quantitative estimate of drug-likeness (QED) is 0.691. The summed E-state index contributed by atoms with van der Waals surface area (Å²) in [5.74, 6) is 0.287. The van der Waals surface area contributed by atoms with Gasteiger partial charge in [0.05, 0.1) is 5.69 Å². The Balaban J connectivity index is 3.15. The second kappa shape index (κ2) is 3.85. The van der Waals surface area contributed by atoms with Gasteiger partial charge >= 0.3 is 0 Å². The summed E-state index contributed by atoms with van der Waals surface area (Å²) in [6.07, 6.45) is 1.38. The third-order valence-corrected chi connectivity index (χ3v) is 1.76.